The number of pyridine rings is 1. The molecule has 3 heterocycles. The predicted molar refractivity (Wildman–Crippen MR) is 109 cm³/mol. The monoisotopic (exact) mass is 410 g/mol. The number of imidazole rings is 1. The number of nitrogens with two attached hydrogens (primary N) is 1. The molecule has 0 saturated heterocycles. The normalized spacial score (nSPS) is 12.2. The van der Waals surface area contributed by atoms with Crippen molar-refractivity contribution in [2.75, 3.05) is 11.1 Å². The molecule has 4 aromatic rings. The molecule has 1 amide bonds. The zero-order chi connectivity index (χ0) is 20.4. The molecule has 1 aromatic carbocycles. The van der Waals surface area contributed by atoms with Crippen molar-refractivity contribution >= 4 is 28.2 Å². The highest BCUT2D eigenvalue weighted by Gasteiger charge is 2.15. The van der Waals surface area contributed by atoms with E-state index in [1.165, 1.54) is 6.20 Å². The van der Waals surface area contributed by atoms with E-state index in [0.717, 1.165) is 5.56 Å². The second kappa shape index (κ2) is 7.94. The number of fused-ring (bicyclic) bond motifs is 1. The minimum Gasteiger partial charge on any atom is -0.339 e. The van der Waals surface area contributed by atoms with Crippen LogP contribution >= 0.6 is 0 Å². The maximum Gasteiger partial charge on any atom is 0.274 e. The quantitative estimate of drug-likeness (QED) is 0.501. The first-order chi connectivity index (χ1) is 14.0. The van der Waals surface area contributed by atoms with Crippen LogP contribution in [0, 0.1) is 6.92 Å². The van der Waals surface area contributed by atoms with Crippen LogP contribution in [-0.2, 0) is 17.4 Å². The van der Waals surface area contributed by atoms with Crippen LogP contribution in [0.25, 0.3) is 17.0 Å². The van der Waals surface area contributed by atoms with Crippen molar-refractivity contribution in [3.05, 3.63) is 65.9 Å². The average molecular weight is 410 g/mol. The van der Waals surface area contributed by atoms with Crippen molar-refractivity contribution in [2.24, 2.45) is 5.14 Å². The number of hydrogen-bond acceptors (Lipinski definition) is 6. The third kappa shape index (κ3) is 4.08. The van der Waals surface area contributed by atoms with E-state index in [0.29, 0.717) is 40.7 Å². The van der Waals surface area contributed by atoms with E-state index >= 15 is 0 Å². The van der Waals surface area contributed by atoms with E-state index in [4.69, 9.17) is 9.66 Å². The molecule has 4 rings (SSSR count). The van der Waals surface area contributed by atoms with Crippen LogP contribution in [0.15, 0.2) is 53.3 Å². The molecule has 3 N–H and O–H groups in total. The minimum atomic E-state index is -1.42. The van der Waals surface area contributed by atoms with Gasteiger partial charge in [-0.15, -0.1) is 0 Å². The van der Waals surface area contributed by atoms with Crippen LogP contribution in [0.2, 0.25) is 0 Å². The summed E-state index contributed by atoms with van der Waals surface area (Å²) >= 11 is 0. The number of aryl methyl sites for hydroxylation is 2. The number of rotatable bonds is 6. The minimum absolute atomic E-state index is 0.246. The summed E-state index contributed by atoms with van der Waals surface area (Å²) in [7, 11) is -1.42. The summed E-state index contributed by atoms with van der Waals surface area (Å²) < 4.78 is 17.9. The van der Waals surface area contributed by atoms with Crippen molar-refractivity contribution < 1.29 is 13.5 Å². The SMILES string of the molecule is Cc1ccc(-c2noc(CCS(N)=O)n2)cc1NC(=O)c1cnc2ccccn12. The van der Waals surface area contributed by atoms with E-state index < -0.39 is 11.0 Å². The predicted octanol–water partition coefficient (Wildman–Crippen LogP) is 2.11. The Labute approximate surface area is 168 Å². The van der Waals surface area contributed by atoms with Crippen LogP contribution in [0.4, 0.5) is 5.69 Å². The van der Waals surface area contributed by atoms with Crippen LogP contribution in [0.5, 0.6) is 0 Å². The maximum absolute atomic E-state index is 12.8. The Morgan fingerprint density at radius 2 is 2.17 bits per heavy atom. The molecule has 0 fully saturated rings. The molecule has 148 valence electrons. The summed E-state index contributed by atoms with van der Waals surface area (Å²) in [5.41, 5.74) is 3.33. The Balaban J connectivity index is 1.57. The van der Waals surface area contributed by atoms with Gasteiger partial charge in [-0.1, -0.05) is 23.4 Å². The Kier molecular flexibility index (Phi) is 5.19. The van der Waals surface area contributed by atoms with E-state index in [2.05, 4.69) is 20.4 Å². The van der Waals surface area contributed by atoms with Gasteiger partial charge in [0.15, 0.2) is 0 Å². The largest absolute Gasteiger partial charge is 0.339 e. The molecule has 0 aliphatic carbocycles. The summed E-state index contributed by atoms with van der Waals surface area (Å²) in [5, 5.41) is 12.1. The lowest BCUT2D eigenvalue weighted by Crippen LogP contribution is -2.15. The number of nitrogens with zero attached hydrogens (tertiary/aromatic N) is 4. The van der Waals surface area contributed by atoms with Gasteiger partial charge in [0.05, 0.1) is 17.2 Å². The van der Waals surface area contributed by atoms with Gasteiger partial charge in [-0.25, -0.2) is 9.19 Å². The molecule has 0 spiro atoms. The second-order valence-electron chi connectivity index (χ2n) is 6.40. The fraction of sp³-hybridized carbons (Fsp3) is 0.158. The molecule has 3 aromatic heterocycles. The van der Waals surface area contributed by atoms with Gasteiger partial charge in [0.25, 0.3) is 5.91 Å². The summed E-state index contributed by atoms with van der Waals surface area (Å²) in [6.07, 6.45) is 3.66. The Morgan fingerprint density at radius 1 is 1.31 bits per heavy atom. The molecule has 10 heteroatoms. The van der Waals surface area contributed by atoms with Crippen molar-refractivity contribution in [1.82, 2.24) is 19.5 Å². The molecule has 0 aliphatic heterocycles. The molecule has 9 nitrogen and oxygen atoms in total. The number of anilines is 1. The third-order valence-corrected chi connectivity index (χ3v) is 4.99. The summed E-state index contributed by atoms with van der Waals surface area (Å²) in [6, 6.07) is 11.0. The van der Waals surface area contributed by atoms with Crippen LogP contribution < -0.4 is 10.5 Å². The summed E-state index contributed by atoms with van der Waals surface area (Å²) in [6.45, 7) is 1.89. The number of benzene rings is 1. The fourth-order valence-electron chi connectivity index (χ4n) is 2.84. The number of carbonyl (C=O) groups excluding carboxylic acids is 1. The lowest BCUT2D eigenvalue weighted by molar-refractivity contribution is 0.102. The first kappa shape index (κ1) is 19.0. The average Bonchev–Trinajstić information content (AvgIpc) is 3.35. The summed E-state index contributed by atoms with van der Waals surface area (Å²) in [4.78, 5) is 21.3. The smallest absolute Gasteiger partial charge is 0.274 e. The van der Waals surface area contributed by atoms with Crippen molar-refractivity contribution in [2.45, 2.75) is 13.3 Å². The lowest BCUT2D eigenvalue weighted by atomic mass is 10.1. The first-order valence-electron chi connectivity index (χ1n) is 8.81. The van der Waals surface area contributed by atoms with Crippen LogP contribution in [0.1, 0.15) is 21.9 Å². The number of aromatic nitrogens is 4. The van der Waals surface area contributed by atoms with Gasteiger partial charge in [0, 0.05) is 29.6 Å². The molecule has 0 radical (unpaired) electrons. The van der Waals surface area contributed by atoms with Gasteiger partial charge in [-0.3, -0.25) is 14.3 Å². The zero-order valence-electron chi connectivity index (χ0n) is 15.5. The van der Waals surface area contributed by atoms with E-state index in [-0.39, 0.29) is 11.7 Å². The molecule has 29 heavy (non-hydrogen) atoms. The lowest BCUT2D eigenvalue weighted by Gasteiger charge is -2.09. The van der Waals surface area contributed by atoms with Gasteiger partial charge in [-0.05, 0) is 30.7 Å². The second-order valence-corrected chi connectivity index (χ2v) is 7.57. The van der Waals surface area contributed by atoms with E-state index in [1.807, 2.05) is 37.3 Å². The fourth-order valence-corrected chi connectivity index (χ4v) is 3.22. The number of carbonyl (C=O) groups is 1. The number of nitrogens with one attached hydrogen (secondary N) is 1. The Hall–Kier alpha value is -3.37. The Bertz CT molecular complexity index is 1220. The molecule has 0 aliphatic rings. The maximum atomic E-state index is 12.8. The highest BCUT2D eigenvalue weighted by Crippen LogP contribution is 2.24. The van der Waals surface area contributed by atoms with Gasteiger partial charge < -0.3 is 9.84 Å². The van der Waals surface area contributed by atoms with Crippen LogP contribution in [-0.4, -0.2) is 35.4 Å². The molecule has 1 unspecified atom stereocenters. The highest BCUT2D eigenvalue weighted by atomic mass is 32.2. The van der Waals surface area contributed by atoms with Crippen molar-refractivity contribution in [3.8, 4) is 11.4 Å². The highest BCUT2D eigenvalue weighted by molar-refractivity contribution is 7.82. The Morgan fingerprint density at radius 3 is 3.00 bits per heavy atom. The number of hydrogen-bond donors (Lipinski definition) is 2. The van der Waals surface area contributed by atoms with Gasteiger partial charge in [0.1, 0.15) is 11.3 Å². The topological polar surface area (TPSA) is 128 Å². The van der Waals surface area contributed by atoms with Gasteiger partial charge >= 0.3 is 0 Å². The molecular weight excluding hydrogens is 392 g/mol. The molecule has 0 saturated carbocycles. The first-order valence-corrected chi connectivity index (χ1v) is 10.2. The molecular formula is C19H18N6O3S. The van der Waals surface area contributed by atoms with Gasteiger partial charge in [-0.2, -0.15) is 4.98 Å². The summed E-state index contributed by atoms with van der Waals surface area (Å²) in [5.74, 6) is 0.711. The third-order valence-electron chi connectivity index (χ3n) is 4.38. The standard InChI is InChI=1S/C19H18N6O3S/c1-12-5-6-13(18-23-17(28-24-18)7-9-29(20)27)10-14(12)22-19(26)15-11-21-16-4-2-3-8-25(15)16/h2-6,8,10-11H,7,9,20H2,1H3,(H,22,26). The van der Waals surface area contributed by atoms with E-state index in [1.54, 1.807) is 16.7 Å². The van der Waals surface area contributed by atoms with Crippen molar-refractivity contribution in [1.29, 1.82) is 0 Å². The van der Waals surface area contributed by atoms with E-state index in [9.17, 15) is 9.00 Å². The van der Waals surface area contributed by atoms with Crippen molar-refractivity contribution in [3.63, 3.8) is 0 Å². The zero-order valence-corrected chi connectivity index (χ0v) is 16.3. The molecule has 0 bridgehead atoms. The molecule has 1 atom stereocenters. The number of amides is 1. The van der Waals surface area contributed by atoms with Gasteiger partial charge in [0.2, 0.25) is 11.7 Å². The van der Waals surface area contributed by atoms with Crippen LogP contribution in [0.3, 0.4) is 0 Å².